The zero-order valence-corrected chi connectivity index (χ0v) is 10.7. The lowest BCUT2D eigenvalue weighted by Gasteiger charge is -2.67. The van der Waals surface area contributed by atoms with Gasteiger partial charge in [-0.25, -0.2) is 0 Å². The van der Waals surface area contributed by atoms with Crippen LogP contribution in [0, 0.1) is 21.7 Å². The molecule has 0 aromatic carbocycles. The first-order chi connectivity index (χ1) is 8.10. The SMILES string of the molecule is CC12C(=O)CC(=O)C1(C)C1(C)C(=O)OC(=O)C21C. The number of hydrogen-bond donors (Lipinski definition) is 0. The summed E-state index contributed by atoms with van der Waals surface area (Å²) in [6.45, 7) is 6.36. The fourth-order valence-corrected chi connectivity index (χ4v) is 4.66. The number of rotatable bonds is 0. The summed E-state index contributed by atoms with van der Waals surface area (Å²) in [6.07, 6.45) is -0.196. The van der Waals surface area contributed by atoms with Crippen molar-refractivity contribution < 1.29 is 23.9 Å². The molecule has 4 unspecified atom stereocenters. The van der Waals surface area contributed by atoms with Gasteiger partial charge in [-0.15, -0.1) is 0 Å². The predicted octanol–water partition coefficient (Wildman–Crippen LogP) is 0.651. The summed E-state index contributed by atoms with van der Waals surface area (Å²) in [5.74, 6) is -1.89. The van der Waals surface area contributed by atoms with Crippen LogP contribution in [0.4, 0.5) is 0 Å². The summed E-state index contributed by atoms with van der Waals surface area (Å²) in [6, 6.07) is 0. The molecule has 96 valence electrons. The van der Waals surface area contributed by atoms with Gasteiger partial charge in [0, 0.05) is 0 Å². The van der Waals surface area contributed by atoms with Crippen molar-refractivity contribution in [3.8, 4) is 0 Å². The van der Waals surface area contributed by atoms with Gasteiger partial charge in [-0.2, -0.15) is 0 Å². The van der Waals surface area contributed by atoms with Crippen LogP contribution in [0.15, 0.2) is 0 Å². The van der Waals surface area contributed by atoms with Crippen LogP contribution < -0.4 is 0 Å². The van der Waals surface area contributed by atoms with Crippen LogP contribution >= 0.6 is 0 Å². The molecule has 2 saturated carbocycles. The van der Waals surface area contributed by atoms with E-state index < -0.39 is 33.6 Å². The third-order valence-corrected chi connectivity index (χ3v) is 6.44. The number of fused-ring (bicyclic) bond motifs is 4. The van der Waals surface area contributed by atoms with Crippen LogP contribution in [0.5, 0.6) is 0 Å². The van der Waals surface area contributed by atoms with E-state index in [1.165, 1.54) is 0 Å². The first-order valence-corrected chi connectivity index (χ1v) is 5.93. The summed E-state index contributed by atoms with van der Waals surface area (Å²) < 4.78 is 4.74. The number of carbonyl (C=O) groups excluding carboxylic acids is 4. The van der Waals surface area contributed by atoms with Gasteiger partial charge in [0.2, 0.25) is 0 Å². The Morgan fingerprint density at radius 2 is 1.06 bits per heavy atom. The average Bonchev–Trinajstić information content (AvgIpc) is 2.57. The van der Waals surface area contributed by atoms with Gasteiger partial charge in [0.1, 0.15) is 11.6 Å². The molecular weight excluding hydrogens is 236 g/mol. The molecule has 1 aliphatic heterocycles. The quantitative estimate of drug-likeness (QED) is 0.466. The lowest BCUT2D eigenvalue weighted by molar-refractivity contribution is -0.243. The van der Waals surface area contributed by atoms with Crippen molar-refractivity contribution in [2.45, 2.75) is 34.1 Å². The lowest BCUT2D eigenvalue weighted by Crippen LogP contribution is -2.77. The standard InChI is InChI=1S/C13H14O5/c1-10-6(14)5-7(15)11(10,2)13(4)9(17)18-8(16)12(10,13)3/h5H2,1-4H3. The molecule has 3 rings (SSSR count). The van der Waals surface area contributed by atoms with Crippen molar-refractivity contribution in [3.05, 3.63) is 0 Å². The van der Waals surface area contributed by atoms with Crippen LogP contribution in [0.3, 0.4) is 0 Å². The van der Waals surface area contributed by atoms with Crippen LogP contribution in [-0.4, -0.2) is 23.5 Å². The monoisotopic (exact) mass is 250 g/mol. The molecule has 0 bridgehead atoms. The van der Waals surface area contributed by atoms with E-state index in [0.717, 1.165) is 0 Å². The van der Waals surface area contributed by atoms with Crippen molar-refractivity contribution >= 4 is 23.5 Å². The molecule has 18 heavy (non-hydrogen) atoms. The van der Waals surface area contributed by atoms with Gasteiger partial charge in [0.05, 0.1) is 28.1 Å². The van der Waals surface area contributed by atoms with Gasteiger partial charge in [-0.3, -0.25) is 19.2 Å². The number of ether oxygens (including phenoxy) is 1. The number of hydrogen-bond acceptors (Lipinski definition) is 5. The number of ketones is 2. The van der Waals surface area contributed by atoms with Crippen LogP contribution in [0.25, 0.3) is 0 Å². The topological polar surface area (TPSA) is 77.5 Å². The van der Waals surface area contributed by atoms with E-state index in [9.17, 15) is 19.2 Å². The van der Waals surface area contributed by atoms with Crippen molar-refractivity contribution in [1.29, 1.82) is 0 Å². The Balaban J connectivity index is 2.38. The van der Waals surface area contributed by atoms with Crippen molar-refractivity contribution in [3.63, 3.8) is 0 Å². The summed E-state index contributed by atoms with van der Waals surface area (Å²) in [7, 11) is 0. The highest BCUT2D eigenvalue weighted by atomic mass is 16.6. The molecule has 2 aliphatic carbocycles. The van der Waals surface area contributed by atoms with Crippen molar-refractivity contribution in [2.75, 3.05) is 0 Å². The number of carbonyl (C=O) groups is 4. The smallest absolute Gasteiger partial charge is 0.321 e. The second kappa shape index (κ2) is 2.44. The van der Waals surface area contributed by atoms with E-state index in [-0.39, 0.29) is 18.0 Å². The maximum absolute atomic E-state index is 12.2. The summed E-state index contributed by atoms with van der Waals surface area (Å²) in [4.78, 5) is 48.4. The fourth-order valence-electron chi connectivity index (χ4n) is 4.66. The summed E-state index contributed by atoms with van der Waals surface area (Å²) >= 11 is 0. The largest absolute Gasteiger partial charge is 0.392 e. The van der Waals surface area contributed by atoms with Gasteiger partial charge in [0.25, 0.3) is 0 Å². The molecule has 1 heterocycles. The molecule has 0 spiro atoms. The zero-order valence-electron chi connectivity index (χ0n) is 10.7. The molecule has 0 radical (unpaired) electrons. The van der Waals surface area contributed by atoms with Gasteiger partial charge in [0.15, 0.2) is 0 Å². The molecule has 0 N–H and O–H groups in total. The summed E-state index contributed by atoms with van der Waals surface area (Å²) in [5.41, 5.74) is -4.71. The molecule has 0 amide bonds. The Bertz CT molecular complexity index is 450. The second-order valence-corrected chi connectivity index (χ2v) is 6.20. The highest BCUT2D eigenvalue weighted by Gasteiger charge is 2.95. The predicted molar refractivity (Wildman–Crippen MR) is 58.2 cm³/mol. The normalized spacial score (nSPS) is 54.0. The molecule has 3 aliphatic rings. The lowest BCUT2D eigenvalue weighted by atomic mass is 9.27. The maximum Gasteiger partial charge on any atom is 0.321 e. The molecule has 5 heteroatoms. The van der Waals surface area contributed by atoms with Gasteiger partial charge >= 0.3 is 11.9 Å². The van der Waals surface area contributed by atoms with E-state index in [4.69, 9.17) is 4.74 Å². The van der Waals surface area contributed by atoms with E-state index >= 15 is 0 Å². The average molecular weight is 250 g/mol. The Hall–Kier alpha value is -1.52. The third-order valence-electron chi connectivity index (χ3n) is 6.44. The highest BCUT2D eigenvalue weighted by molar-refractivity contribution is 6.23. The number of cyclic esters (lactones) is 2. The van der Waals surface area contributed by atoms with Crippen LogP contribution in [0.1, 0.15) is 34.1 Å². The van der Waals surface area contributed by atoms with E-state index in [1.807, 2.05) is 0 Å². The van der Waals surface area contributed by atoms with Crippen molar-refractivity contribution in [1.82, 2.24) is 0 Å². The first-order valence-electron chi connectivity index (χ1n) is 5.93. The number of Topliss-reactive ketones (excluding diaryl/α,β-unsaturated/α-hetero) is 2. The number of esters is 2. The molecule has 3 fully saturated rings. The third kappa shape index (κ3) is 0.595. The molecule has 1 saturated heterocycles. The minimum atomic E-state index is -1.23. The van der Waals surface area contributed by atoms with Gasteiger partial charge < -0.3 is 4.74 Å². The van der Waals surface area contributed by atoms with Crippen LogP contribution in [-0.2, 0) is 23.9 Å². The highest BCUT2D eigenvalue weighted by Crippen LogP contribution is 2.83. The Morgan fingerprint density at radius 3 is 1.39 bits per heavy atom. The molecular formula is C13H14O5. The van der Waals surface area contributed by atoms with E-state index in [2.05, 4.69) is 0 Å². The molecule has 4 atom stereocenters. The van der Waals surface area contributed by atoms with E-state index in [1.54, 1.807) is 27.7 Å². The molecule has 0 aromatic heterocycles. The Kier molecular flexibility index (Phi) is 1.57. The Labute approximate surface area is 104 Å². The summed E-state index contributed by atoms with van der Waals surface area (Å²) in [5, 5.41) is 0. The minimum absolute atomic E-state index is 0.196. The first kappa shape index (κ1) is 11.6. The van der Waals surface area contributed by atoms with Gasteiger partial charge in [-0.1, -0.05) is 13.8 Å². The second-order valence-electron chi connectivity index (χ2n) is 6.20. The minimum Gasteiger partial charge on any atom is -0.392 e. The van der Waals surface area contributed by atoms with Crippen LogP contribution in [0.2, 0.25) is 0 Å². The fraction of sp³-hybridized carbons (Fsp3) is 0.692. The van der Waals surface area contributed by atoms with Crippen molar-refractivity contribution in [2.24, 2.45) is 21.7 Å². The molecule has 5 nitrogen and oxygen atoms in total. The molecule has 0 aromatic rings. The van der Waals surface area contributed by atoms with Gasteiger partial charge in [-0.05, 0) is 13.8 Å². The van der Waals surface area contributed by atoms with E-state index in [0.29, 0.717) is 0 Å². The Morgan fingerprint density at radius 1 is 0.722 bits per heavy atom. The maximum atomic E-state index is 12.2. The zero-order chi connectivity index (χ0) is 13.7.